The molecule has 0 atom stereocenters. The van der Waals surface area contributed by atoms with Crippen molar-refractivity contribution >= 4 is 32.7 Å². The minimum Gasteiger partial charge on any atom is -0.460 e. The predicted octanol–water partition coefficient (Wildman–Crippen LogP) is 2.45. The van der Waals surface area contributed by atoms with Crippen LogP contribution in [-0.2, 0) is 14.3 Å². The fourth-order valence-corrected chi connectivity index (χ4v) is 2.43. The van der Waals surface area contributed by atoms with Gasteiger partial charge in [-0.1, -0.05) is 30.0 Å². The zero-order valence-corrected chi connectivity index (χ0v) is 11.8. The molecule has 1 aromatic carbocycles. The Bertz CT molecular complexity index is 550. The molecule has 106 valence electrons. The Labute approximate surface area is 121 Å². The highest BCUT2D eigenvalue weighted by molar-refractivity contribution is 7.22. The van der Waals surface area contributed by atoms with E-state index in [9.17, 15) is 4.79 Å². The van der Waals surface area contributed by atoms with Crippen molar-refractivity contribution in [2.24, 2.45) is 0 Å². The van der Waals surface area contributed by atoms with Gasteiger partial charge in [0.25, 0.3) is 0 Å². The Morgan fingerprint density at radius 1 is 1.35 bits per heavy atom. The molecule has 0 unspecified atom stereocenters. The standard InChI is InChI=1S/C14H16N2O3S/c1-2-13(17)19-10-9-18-8-7-15-14-16-11-5-3-4-6-12(11)20-14/h2-6H,1,7-10H2,(H,15,16). The van der Waals surface area contributed by atoms with E-state index in [1.54, 1.807) is 11.3 Å². The van der Waals surface area contributed by atoms with Crippen molar-refractivity contribution in [3.63, 3.8) is 0 Å². The summed E-state index contributed by atoms with van der Waals surface area (Å²) >= 11 is 1.61. The van der Waals surface area contributed by atoms with E-state index in [2.05, 4.69) is 16.9 Å². The van der Waals surface area contributed by atoms with Crippen LogP contribution in [0, 0.1) is 0 Å². The van der Waals surface area contributed by atoms with E-state index in [1.807, 2.05) is 24.3 Å². The van der Waals surface area contributed by atoms with Gasteiger partial charge in [0, 0.05) is 12.6 Å². The van der Waals surface area contributed by atoms with Crippen LogP contribution in [0.3, 0.4) is 0 Å². The Morgan fingerprint density at radius 2 is 2.20 bits per heavy atom. The maximum absolute atomic E-state index is 10.8. The van der Waals surface area contributed by atoms with Gasteiger partial charge in [-0.3, -0.25) is 0 Å². The number of carbonyl (C=O) groups is 1. The first-order valence-corrected chi connectivity index (χ1v) is 7.07. The zero-order valence-electron chi connectivity index (χ0n) is 11.0. The number of hydrogen-bond acceptors (Lipinski definition) is 6. The molecule has 1 aromatic heterocycles. The monoisotopic (exact) mass is 292 g/mol. The van der Waals surface area contributed by atoms with Crippen molar-refractivity contribution in [3.05, 3.63) is 36.9 Å². The van der Waals surface area contributed by atoms with Gasteiger partial charge in [0.1, 0.15) is 6.61 Å². The smallest absolute Gasteiger partial charge is 0.330 e. The summed E-state index contributed by atoms with van der Waals surface area (Å²) < 4.78 is 11.3. The van der Waals surface area contributed by atoms with Crippen molar-refractivity contribution < 1.29 is 14.3 Å². The molecule has 20 heavy (non-hydrogen) atoms. The molecule has 0 aliphatic heterocycles. The number of hydrogen-bond donors (Lipinski definition) is 1. The summed E-state index contributed by atoms with van der Waals surface area (Å²) in [5, 5.41) is 4.09. The van der Waals surface area contributed by atoms with Crippen molar-refractivity contribution in [1.82, 2.24) is 4.98 Å². The zero-order chi connectivity index (χ0) is 14.2. The first-order valence-electron chi connectivity index (χ1n) is 6.26. The van der Waals surface area contributed by atoms with E-state index in [1.165, 1.54) is 0 Å². The number of fused-ring (bicyclic) bond motifs is 1. The van der Waals surface area contributed by atoms with E-state index in [-0.39, 0.29) is 6.61 Å². The molecule has 0 amide bonds. The number of nitrogens with zero attached hydrogens (tertiary/aromatic N) is 1. The average molecular weight is 292 g/mol. The number of benzene rings is 1. The van der Waals surface area contributed by atoms with Gasteiger partial charge < -0.3 is 14.8 Å². The van der Waals surface area contributed by atoms with E-state index in [0.717, 1.165) is 21.4 Å². The Hall–Kier alpha value is -1.92. The number of carbonyl (C=O) groups excluding carboxylic acids is 1. The van der Waals surface area contributed by atoms with Crippen LogP contribution in [0.15, 0.2) is 36.9 Å². The van der Waals surface area contributed by atoms with E-state index < -0.39 is 5.97 Å². The molecule has 0 fully saturated rings. The molecule has 0 bridgehead atoms. The minimum atomic E-state index is -0.429. The minimum absolute atomic E-state index is 0.242. The number of para-hydroxylation sites is 1. The highest BCUT2D eigenvalue weighted by Crippen LogP contribution is 2.24. The van der Waals surface area contributed by atoms with Crippen LogP contribution in [0.2, 0.25) is 0 Å². The number of anilines is 1. The molecular formula is C14H16N2O3S. The lowest BCUT2D eigenvalue weighted by Crippen LogP contribution is -2.13. The fourth-order valence-electron chi connectivity index (χ4n) is 1.54. The number of rotatable bonds is 8. The average Bonchev–Trinajstić information content (AvgIpc) is 2.88. The quantitative estimate of drug-likeness (QED) is 0.460. The van der Waals surface area contributed by atoms with Crippen LogP contribution in [0.25, 0.3) is 10.2 Å². The van der Waals surface area contributed by atoms with Crippen molar-refractivity contribution in [3.8, 4) is 0 Å². The molecule has 1 N–H and O–H groups in total. The predicted molar refractivity (Wildman–Crippen MR) is 80.1 cm³/mol. The van der Waals surface area contributed by atoms with Gasteiger partial charge in [-0.2, -0.15) is 0 Å². The summed E-state index contributed by atoms with van der Waals surface area (Å²) in [6, 6.07) is 8.00. The van der Waals surface area contributed by atoms with Crippen LogP contribution in [0.5, 0.6) is 0 Å². The van der Waals surface area contributed by atoms with Crippen LogP contribution in [-0.4, -0.2) is 37.3 Å². The van der Waals surface area contributed by atoms with E-state index in [0.29, 0.717) is 19.8 Å². The molecule has 1 heterocycles. The SMILES string of the molecule is C=CC(=O)OCCOCCNc1nc2ccccc2s1. The Kier molecular flexibility index (Phi) is 5.52. The van der Waals surface area contributed by atoms with Crippen molar-refractivity contribution in [2.75, 3.05) is 31.7 Å². The van der Waals surface area contributed by atoms with E-state index in [4.69, 9.17) is 9.47 Å². The molecule has 0 aliphatic carbocycles. The third-order valence-electron chi connectivity index (χ3n) is 2.46. The van der Waals surface area contributed by atoms with Gasteiger partial charge in [0.15, 0.2) is 5.13 Å². The highest BCUT2D eigenvalue weighted by atomic mass is 32.1. The number of thiazole rings is 1. The topological polar surface area (TPSA) is 60.5 Å². The Morgan fingerprint density at radius 3 is 3.00 bits per heavy atom. The van der Waals surface area contributed by atoms with Gasteiger partial charge in [0.05, 0.1) is 23.4 Å². The second kappa shape index (κ2) is 7.62. The lowest BCUT2D eigenvalue weighted by atomic mass is 10.3. The summed E-state index contributed by atoms with van der Waals surface area (Å²) in [5.74, 6) is -0.429. The van der Waals surface area contributed by atoms with Crippen molar-refractivity contribution in [1.29, 1.82) is 0 Å². The molecule has 5 nitrogen and oxygen atoms in total. The number of ether oxygens (including phenoxy) is 2. The third kappa shape index (κ3) is 4.32. The molecule has 0 saturated carbocycles. The summed E-state index contributed by atoms with van der Waals surface area (Å²) in [5.41, 5.74) is 0.997. The number of aromatic nitrogens is 1. The second-order valence-electron chi connectivity index (χ2n) is 3.90. The van der Waals surface area contributed by atoms with Gasteiger partial charge in [-0.25, -0.2) is 9.78 Å². The maximum Gasteiger partial charge on any atom is 0.330 e. The number of esters is 1. The summed E-state index contributed by atoms with van der Waals surface area (Å²) in [4.78, 5) is 15.2. The lowest BCUT2D eigenvalue weighted by Gasteiger charge is -2.05. The van der Waals surface area contributed by atoms with Crippen molar-refractivity contribution in [2.45, 2.75) is 0 Å². The normalized spacial score (nSPS) is 10.4. The first kappa shape index (κ1) is 14.5. The molecule has 0 radical (unpaired) electrons. The largest absolute Gasteiger partial charge is 0.460 e. The second-order valence-corrected chi connectivity index (χ2v) is 4.93. The molecule has 0 aliphatic rings. The summed E-state index contributed by atoms with van der Waals surface area (Å²) in [6.07, 6.45) is 1.13. The van der Waals surface area contributed by atoms with Gasteiger partial charge >= 0.3 is 5.97 Å². The van der Waals surface area contributed by atoms with Crippen LogP contribution in [0.1, 0.15) is 0 Å². The maximum atomic E-state index is 10.8. The number of nitrogens with one attached hydrogen (secondary N) is 1. The van der Waals surface area contributed by atoms with E-state index >= 15 is 0 Å². The molecule has 6 heteroatoms. The molecule has 2 rings (SSSR count). The highest BCUT2D eigenvalue weighted by Gasteiger charge is 2.01. The fraction of sp³-hybridized carbons (Fsp3) is 0.286. The van der Waals surface area contributed by atoms with Gasteiger partial charge in [-0.05, 0) is 12.1 Å². The van der Waals surface area contributed by atoms with Crippen LogP contribution in [0.4, 0.5) is 5.13 Å². The third-order valence-corrected chi connectivity index (χ3v) is 3.45. The summed E-state index contributed by atoms with van der Waals surface area (Å²) in [6.45, 7) is 5.12. The van der Waals surface area contributed by atoms with Gasteiger partial charge in [-0.15, -0.1) is 0 Å². The molecule has 2 aromatic rings. The van der Waals surface area contributed by atoms with Gasteiger partial charge in [0.2, 0.25) is 0 Å². The lowest BCUT2D eigenvalue weighted by molar-refractivity contribution is -0.139. The molecule has 0 saturated heterocycles. The Balaban J connectivity index is 1.61. The van der Waals surface area contributed by atoms with Crippen LogP contribution < -0.4 is 5.32 Å². The molecule has 0 spiro atoms. The first-order chi connectivity index (χ1) is 9.79. The summed E-state index contributed by atoms with van der Waals surface area (Å²) in [7, 11) is 0. The molecular weight excluding hydrogens is 276 g/mol. The van der Waals surface area contributed by atoms with Crippen LogP contribution >= 0.6 is 11.3 Å².